The number of rotatable bonds is 2. The van der Waals surface area contributed by atoms with Crippen LogP contribution in [0.5, 0.6) is 0 Å². The highest BCUT2D eigenvalue weighted by Crippen LogP contribution is 2.37. The maximum absolute atomic E-state index is 5.96. The van der Waals surface area contributed by atoms with Crippen LogP contribution >= 0.6 is 34.5 Å². The molecule has 3 rings (SSSR count). The Morgan fingerprint density at radius 2 is 1.89 bits per heavy atom. The number of aromatic nitrogens is 2. The van der Waals surface area contributed by atoms with Crippen LogP contribution in [0.1, 0.15) is 0 Å². The van der Waals surface area contributed by atoms with Crippen LogP contribution < -0.4 is 0 Å². The van der Waals surface area contributed by atoms with Gasteiger partial charge in [-0.2, -0.15) is 0 Å². The van der Waals surface area contributed by atoms with Crippen molar-refractivity contribution < 1.29 is 4.52 Å². The maximum atomic E-state index is 5.96. The van der Waals surface area contributed by atoms with Crippen LogP contribution in [0.25, 0.3) is 21.9 Å². The van der Waals surface area contributed by atoms with E-state index in [4.69, 9.17) is 27.7 Å². The number of halogens is 2. The minimum Gasteiger partial charge on any atom is -0.355 e. The Hall–Kier alpha value is -1.36. The van der Waals surface area contributed by atoms with Crippen molar-refractivity contribution in [2.75, 3.05) is 0 Å². The highest BCUT2D eigenvalue weighted by Gasteiger charge is 2.15. The SMILES string of the molecule is Clc1nc(Cl)c(-c2cc(-c3ccccc3)no2)s1. The minimum atomic E-state index is 0.334. The van der Waals surface area contributed by atoms with Crippen LogP contribution in [0, 0.1) is 0 Å². The van der Waals surface area contributed by atoms with Gasteiger partial charge in [0.2, 0.25) is 0 Å². The predicted octanol–water partition coefficient (Wildman–Crippen LogP) is 4.77. The van der Waals surface area contributed by atoms with E-state index < -0.39 is 0 Å². The molecule has 0 bridgehead atoms. The van der Waals surface area contributed by atoms with Crippen molar-refractivity contribution in [3.05, 3.63) is 46.0 Å². The lowest BCUT2D eigenvalue weighted by molar-refractivity contribution is 0.436. The fourth-order valence-electron chi connectivity index (χ4n) is 1.56. The first kappa shape index (κ1) is 11.7. The van der Waals surface area contributed by atoms with E-state index in [2.05, 4.69) is 10.1 Å². The molecule has 6 heteroatoms. The maximum Gasteiger partial charge on any atom is 0.185 e. The van der Waals surface area contributed by atoms with Gasteiger partial charge in [-0.3, -0.25) is 0 Å². The van der Waals surface area contributed by atoms with Crippen molar-refractivity contribution in [1.82, 2.24) is 10.1 Å². The van der Waals surface area contributed by atoms with E-state index in [0.717, 1.165) is 11.3 Å². The van der Waals surface area contributed by atoms with Gasteiger partial charge in [-0.25, -0.2) is 4.98 Å². The average molecular weight is 297 g/mol. The van der Waals surface area contributed by atoms with Gasteiger partial charge in [0.25, 0.3) is 0 Å². The Morgan fingerprint density at radius 3 is 2.56 bits per heavy atom. The van der Waals surface area contributed by atoms with Crippen LogP contribution in [0.15, 0.2) is 40.9 Å². The summed E-state index contributed by atoms with van der Waals surface area (Å²) in [5.74, 6) is 0.572. The first-order valence-corrected chi connectivity index (χ1v) is 6.65. The molecule has 3 aromatic rings. The molecule has 0 aliphatic heterocycles. The lowest BCUT2D eigenvalue weighted by atomic mass is 10.1. The normalized spacial score (nSPS) is 10.8. The second-order valence-corrected chi connectivity index (χ2v) is 5.47. The second kappa shape index (κ2) is 4.72. The van der Waals surface area contributed by atoms with Crippen LogP contribution in [0.2, 0.25) is 9.62 Å². The Kier molecular flexibility index (Phi) is 3.07. The molecule has 0 saturated heterocycles. The number of hydrogen-bond acceptors (Lipinski definition) is 4. The van der Waals surface area contributed by atoms with E-state index in [9.17, 15) is 0 Å². The molecule has 0 spiro atoms. The summed E-state index contributed by atoms with van der Waals surface area (Å²) in [6.07, 6.45) is 0. The Balaban J connectivity index is 2.02. The fourth-order valence-corrected chi connectivity index (χ4v) is 2.89. The van der Waals surface area contributed by atoms with E-state index in [-0.39, 0.29) is 0 Å². The van der Waals surface area contributed by atoms with Crippen molar-refractivity contribution in [2.45, 2.75) is 0 Å². The third kappa shape index (κ3) is 2.14. The van der Waals surface area contributed by atoms with Gasteiger partial charge in [0.05, 0.1) is 0 Å². The van der Waals surface area contributed by atoms with E-state index in [1.807, 2.05) is 36.4 Å². The molecule has 0 atom stereocenters. The van der Waals surface area contributed by atoms with Crippen molar-refractivity contribution in [1.29, 1.82) is 0 Å². The van der Waals surface area contributed by atoms with Crippen LogP contribution in [-0.4, -0.2) is 10.1 Å². The molecular formula is C12H6Cl2N2OS. The van der Waals surface area contributed by atoms with Gasteiger partial charge in [0, 0.05) is 11.6 Å². The lowest BCUT2D eigenvalue weighted by Gasteiger charge is -1.91. The Bertz CT molecular complexity index is 678. The Labute approximate surface area is 117 Å². The van der Waals surface area contributed by atoms with Crippen LogP contribution in [0.4, 0.5) is 0 Å². The molecule has 0 radical (unpaired) electrons. The first-order chi connectivity index (χ1) is 8.74. The molecule has 2 heterocycles. The zero-order valence-electron chi connectivity index (χ0n) is 8.93. The van der Waals surface area contributed by atoms with Gasteiger partial charge in [0.1, 0.15) is 10.6 Å². The Morgan fingerprint density at radius 1 is 1.11 bits per heavy atom. The molecule has 3 nitrogen and oxygen atoms in total. The monoisotopic (exact) mass is 296 g/mol. The van der Waals surface area contributed by atoms with Gasteiger partial charge in [0.15, 0.2) is 15.4 Å². The molecule has 0 saturated carbocycles. The molecule has 0 fully saturated rings. The predicted molar refractivity (Wildman–Crippen MR) is 73.1 cm³/mol. The van der Waals surface area contributed by atoms with Crippen molar-refractivity contribution in [3.8, 4) is 21.9 Å². The smallest absolute Gasteiger partial charge is 0.185 e. The minimum absolute atomic E-state index is 0.334. The first-order valence-electron chi connectivity index (χ1n) is 5.08. The van der Waals surface area contributed by atoms with E-state index in [0.29, 0.717) is 20.3 Å². The van der Waals surface area contributed by atoms with Gasteiger partial charge >= 0.3 is 0 Å². The summed E-state index contributed by atoms with van der Waals surface area (Å²) in [4.78, 5) is 4.62. The third-order valence-electron chi connectivity index (χ3n) is 2.36. The average Bonchev–Trinajstić information content (AvgIpc) is 2.97. The molecule has 90 valence electrons. The summed E-state index contributed by atoms with van der Waals surface area (Å²) in [6, 6.07) is 11.6. The molecule has 18 heavy (non-hydrogen) atoms. The summed E-state index contributed by atoms with van der Waals surface area (Å²) in [5, 5.41) is 4.35. The number of benzene rings is 1. The molecule has 1 aromatic carbocycles. The van der Waals surface area contributed by atoms with E-state index >= 15 is 0 Å². The van der Waals surface area contributed by atoms with Crippen molar-refractivity contribution >= 4 is 34.5 Å². The standard InChI is InChI=1S/C12H6Cl2N2OS/c13-11-10(18-12(14)15-11)9-6-8(16-17-9)7-4-2-1-3-5-7/h1-6H. The summed E-state index contributed by atoms with van der Waals surface area (Å²) < 4.78 is 5.66. The highest BCUT2D eigenvalue weighted by atomic mass is 35.5. The highest BCUT2D eigenvalue weighted by molar-refractivity contribution is 7.19. The van der Waals surface area contributed by atoms with Gasteiger partial charge < -0.3 is 4.52 Å². The molecular weight excluding hydrogens is 291 g/mol. The van der Waals surface area contributed by atoms with E-state index in [1.165, 1.54) is 11.3 Å². The molecule has 2 aromatic heterocycles. The zero-order chi connectivity index (χ0) is 12.5. The van der Waals surface area contributed by atoms with Crippen LogP contribution in [0.3, 0.4) is 0 Å². The zero-order valence-corrected chi connectivity index (χ0v) is 11.3. The van der Waals surface area contributed by atoms with Gasteiger partial charge in [-0.15, -0.1) is 0 Å². The van der Waals surface area contributed by atoms with E-state index in [1.54, 1.807) is 0 Å². The second-order valence-electron chi connectivity index (χ2n) is 3.53. The largest absolute Gasteiger partial charge is 0.355 e. The molecule has 0 amide bonds. The summed E-state index contributed by atoms with van der Waals surface area (Å²) in [6.45, 7) is 0. The summed E-state index contributed by atoms with van der Waals surface area (Å²) in [5.41, 5.74) is 1.74. The fraction of sp³-hybridized carbons (Fsp3) is 0. The van der Waals surface area contributed by atoms with Crippen molar-refractivity contribution in [3.63, 3.8) is 0 Å². The number of thiazole rings is 1. The molecule has 0 aliphatic rings. The van der Waals surface area contributed by atoms with Gasteiger partial charge in [-0.1, -0.05) is 70.0 Å². The van der Waals surface area contributed by atoms with Crippen LogP contribution in [-0.2, 0) is 0 Å². The number of nitrogens with zero attached hydrogens (tertiary/aromatic N) is 2. The van der Waals surface area contributed by atoms with Crippen molar-refractivity contribution in [2.24, 2.45) is 0 Å². The topological polar surface area (TPSA) is 38.9 Å². The van der Waals surface area contributed by atoms with Gasteiger partial charge in [-0.05, 0) is 0 Å². The summed E-state index contributed by atoms with van der Waals surface area (Å²) >= 11 is 13.0. The lowest BCUT2D eigenvalue weighted by Crippen LogP contribution is -1.73. The third-order valence-corrected chi connectivity index (χ3v) is 3.92. The quantitative estimate of drug-likeness (QED) is 0.683. The molecule has 0 unspecified atom stereocenters. The number of hydrogen-bond donors (Lipinski definition) is 0. The summed E-state index contributed by atoms with van der Waals surface area (Å²) in [7, 11) is 0. The molecule has 0 aliphatic carbocycles. The molecule has 0 N–H and O–H groups in total.